The maximum Gasteiger partial charge on any atom is 0.153 e. The first-order valence-corrected chi connectivity index (χ1v) is 7.44. The highest BCUT2D eigenvalue weighted by atomic mass is 32.2. The lowest BCUT2D eigenvalue weighted by Crippen LogP contribution is -2.46. The average Bonchev–Trinajstić information content (AvgIpc) is 2.28. The largest absolute Gasteiger partial charge is 0.305 e. The van der Waals surface area contributed by atoms with Crippen LogP contribution in [0.3, 0.4) is 0 Å². The van der Waals surface area contributed by atoms with Crippen molar-refractivity contribution in [2.75, 3.05) is 11.5 Å². The normalized spacial score (nSPS) is 28.8. The maximum absolute atomic E-state index is 11.8. The number of sulfone groups is 1. The van der Waals surface area contributed by atoms with E-state index in [4.69, 9.17) is 0 Å². The highest BCUT2D eigenvalue weighted by Crippen LogP contribution is 2.21. The van der Waals surface area contributed by atoms with Gasteiger partial charge in [0, 0.05) is 12.1 Å². The Morgan fingerprint density at radius 1 is 1.25 bits per heavy atom. The number of rotatable bonds is 2. The fourth-order valence-corrected chi connectivity index (χ4v) is 4.00. The van der Waals surface area contributed by atoms with E-state index in [0.717, 1.165) is 12.0 Å². The van der Waals surface area contributed by atoms with Crippen LogP contribution < -0.4 is 5.32 Å². The molecule has 1 heterocycles. The number of nitrogens with one attached hydrogen (secondary N) is 1. The highest BCUT2D eigenvalue weighted by molar-refractivity contribution is 7.91. The number of hydrogen-bond donors (Lipinski definition) is 1. The molecule has 0 radical (unpaired) electrons. The molecule has 3 nitrogen and oxygen atoms in total. The molecule has 88 valence electrons. The third-order valence-electron chi connectivity index (χ3n) is 3.01. The van der Waals surface area contributed by atoms with Crippen molar-refractivity contribution in [1.29, 1.82) is 0 Å². The molecule has 0 aliphatic carbocycles. The molecule has 1 aliphatic rings. The van der Waals surface area contributed by atoms with E-state index in [9.17, 15) is 8.42 Å². The van der Waals surface area contributed by atoms with Gasteiger partial charge in [-0.25, -0.2) is 8.42 Å². The molecule has 1 fully saturated rings. The van der Waals surface area contributed by atoms with Crippen LogP contribution in [0.15, 0.2) is 30.3 Å². The Morgan fingerprint density at radius 3 is 2.56 bits per heavy atom. The van der Waals surface area contributed by atoms with Crippen molar-refractivity contribution in [3.8, 4) is 0 Å². The highest BCUT2D eigenvalue weighted by Gasteiger charge is 2.30. The second-order valence-corrected chi connectivity index (χ2v) is 6.47. The van der Waals surface area contributed by atoms with Crippen molar-refractivity contribution in [3.63, 3.8) is 0 Å². The number of benzene rings is 1. The quantitative estimate of drug-likeness (QED) is 0.851. The van der Waals surface area contributed by atoms with Crippen LogP contribution in [-0.4, -0.2) is 26.0 Å². The molecular weight excluding hydrogens is 222 g/mol. The second-order valence-electron chi connectivity index (χ2n) is 4.31. The molecule has 1 saturated heterocycles. The lowest BCUT2D eigenvalue weighted by molar-refractivity contribution is 0.440. The molecule has 0 saturated carbocycles. The van der Waals surface area contributed by atoms with Gasteiger partial charge in [0.2, 0.25) is 0 Å². The summed E-state index contributed by atoms with van der Waals surface area (Å²) in [5, 5.41) is 3.40. The molecule has 0 bridgehead atoms. The van der Waals surface area contributed by atoms with Gasteiger partial charge in [-0.3, -0.25) is 0 Å². The fourth-order valence-electron chi connectivity index (χ4n) is 2.12. The molecular formula is C12H17NO2S. The summed E-state index contributed by atoms with van der Waals surface area (Å²) in [5.74, 6) is 0.486. The molecule has 1 aromatic carbocycles. The Hall–Kier alpha value is -0.870. The Bertz CT molecular complexity index is 441. The minimum atomic E-state index is -2.90. The van der Waals surface area contributed by atoms with Crippen molar-refractivity contribution < 1.29 is 8.42 Å². The molecule has 1 aliphatic heterocycles. The predicted octanol–water partition coefficient (Wildman–Crippen LogP) is 1.52. The van der Waals surface area contributed by atoms with Gasteiger partial charge in [-0.15, -0.1) is 0 Å². The average molecular weight is 239 g/mol. The number of hydrogen-bond acceptors (Lipinski definition) is 3. The Balaban J connectivity index is 2.23. The van der Waals surface area contributed by atoms with Crippen LogP contribution >= 0.6 is 0 Å². The lowest BCUT2D eigenvalue weighted by Gasteiger charge is -2.30. The molecule has 0 amide bonds. The van der Waals surface area contributed by atoms with E-state index < -0.39 is 9.84 Å². The van der Waals surface area contributed by atoms with Gasteiger partial charge in [0.05, 0.1) is 11.5 Å². The van der Waals surface area contributed by atoms with Gasteiger partial charge >= 0.3 is 0 Å². The summed E-state index contributed by atoms with van der Waals surface area (Å²) >= 11 is 0. The summed E-state index contributed by atoms with van der Waals surface area (Å²) in [6.07, 6.45) is 0.850. The summed E-state index contributed by atoms with van der Waals surface area (Å²) in [6.45, 7) is 2.01. The van der Waals surface area contributed by atoms with Gasteiger partial charge in [0.25, 0.3) is 0 Å². The molecule has 2 rings (SSSR count). The van der Waals surface area contributed by atoms with Crippen LogP contribution in [0.5, 0.6) is 0 Å². The van der Waals surface area contributed by atoms with Crippen molar-refractivity contribution in [2.45, 2.75) is 25.4 Å². The molecule has 0 aromatic heterocycles. The predicted molar refractivity (Wildman–Crippen MR) is 65.1 cm³/mol. The zero-order valence-electron chi connectivity index (χ0n) is 9.39. The first-order chi connectivity index (χ1) is 7.61. The van der Waals surface area contributed by atoms with Crippen LogP contribution in [0.25, 0.3) is 0 Å². The van der Waals surface area contributed by atoms with Crippen molar-refractivity contribution in [1.82, 2.24) is 5.32 Å². The minimum Gasteiger partial charge on any atom is -0.305 e. The van der Waals surface area contributed by atoms with E-state index >= 15 is 0 Å². The minimum absolute atomic E-state index is 0.0510. The van der Waals surface area contributed by atoms with E-state index in [2.05, 4.69) is 5.32 Å². The van der Waals surface area contributed by atoms with Crippen molar-refractivity contribution in [3.05, 3.63) is 35.9 Å². The first kappa shape index (κ1) is 11.6. The molecule has 1 N–H and O–H groups in total. The van der Waals surface area contributed by atoms with Crippen LogP contribution in [-0.2, 0) is 9.84 Å². The third-order valence-corrected chi connectivity index (χ3v) is 4.76. The zero-order chi connectivity index (χ0) is 11.6. The van der Waals surface area contributed by atoms with Crippen LogP contribution in [0.1, 0.15) is 24.9 Å². The molecule has 2 unspecified atom stereocenters. The summed E-state index contributed by atoms with van der Waals surface area (Å²) < 4.78 is 23.5. The Morgan fingerprint density at radius 2 is 1.94 bits per heavy atom. The van der Waals surface area contributed by atoms with Gasteiger partial charge in [-0.1, -0.05) is 37.3 Å². The van der Waals surface area contributed by atoms with E-state index in [-0.39, 0.29) is 23.6 Å². The van der Waals surface area contributed by atoms with E-state index in [0.29, 0.717) is 0 Å². The van der Waals surface area contributed by atoms with Crippen molar-refractivity contribution in [2.24, 2.45) is 0 Å². The topological polar surface area (TPSA) is 46.2 Å². The summed E-state index contributed by atoms with van der Waals surface area (Å²) in [6, 6.07) is 9.82. The third kappa shape index (κ3) is 2.62. The van der Waals surface area contributed by atoms with Crippen LogP contribution in [0.2, 0.25) is 0 Å². The molecule has 4 heteroatoms. The Labute approximate surface area is 96.8 Å². The van der Waals surface area contributed by atoms with E-state index in [1.54, 1.807) is 0 Å². The van der Waals surface area contributed by atoms with E-state index in [1.807, 2.05) is 37.3 Å². The zero-order valence-corrected chi connectivity index (χ0v) is 10.2. The molecule has 16 heavy (non-hydrogen) atoms. The van der Waals surface area contributed by atoms with Gasteiger partial charge in [-0.05, 0) is 12.0 Å². The van der Waals surface area contributed by atoms with Gasteiger partial charge < -0.3 is 5.32 Å². The van der Waals surface area contributed by atoms with Gasteiger partial charge in [-0.2, -0.15) is 0 Å². The summed E-state index contributed by atoms with van der Waals surface area (Å²) in [7, 11) is -2.90. The fraction of sp³-hybridized carbons (Fsp3) is 0.500. The SMILES string of the molecule is CCC1CS(=O)(=O)CC(c2ccccc2)N1. The van der Waals surface area contributed by atoms with Crippen LogP contribution in [0, 0.1) is 0 Å². The smallest absolute Gasteiger partial charge is 0.153 e. The van der Waals surface area contributed by atoms with Gasteiger partial charge in [0.1, 0.15) is 0 Å². The monoisotopic (exact) mass is 239 g/mol. The summed E-state index contributed by atoms with van der Waals surface area (Å²) in [5.41, 5.74) is 1.06. The lowest BCUT2D eigenvalue weighted by atomic mass is 10.1. The van der Waals surface area contributed by atoms with Gasteiger partial charge in [0.15, 0.2) is 9.84 Å². The molecule has 0 spiro atoms. The Kier molecular flexibility index (Phi) is 3.30. The standard InChI is InChI=1S/C12H17NO2S/c1-2-11-8-16(14,15)9-12(13-11)10-6-4-3-5-7-10/h3-7,11-13H,2,8-9H2,1H3. The molecule has 2 atom stereocenters. The van der Waals surface area contributed by atoms with E-state index in [1.165, 1.54) is 0 Å². The first-order valence-electron chi connectivity index (χ1n) is 5.62. The molecule has 1 aromatic rings. The summed E-state index contributed by atoms with van der Waals surface area (Å²) in [4.78, 5) is 0. The van der Waals surface area contributed by atoms with Crippen LogP contribution in [0.4, 0.5) is 0 Å². The second kappa shape index (κ2) is 4.55. The maximum atomic E-state index is 11.8. The van der Waals surface area contributed by atoms with Crippen molar-refractivity contribution >= 4 is 9.84 Å².